The molecule has 5 rings (SSSR count). The third-order valence-corrected chi connectivity index (χ3v) is 7.31. The van der Waals surface area contributed by atoms with Gasteiger partial charge in [0.1, 0.15) is 11.3 Å². The Morgan fingerprint density at radius 3 is 2.91 bits per heavy atom. The highest BCUT2D eigenvalue weighted by molar-refractivity contribution is 7.88. The van der Waals surface area contributed by atoms with Gasteiger partial charge in [-0.3, -0.25) is 9.20 Å². The smallest absolute Gasteiger partial charge is 0.274 e. The van der Waals surface area contributed by atoms with Gasteiger partial charge in [-0.25, -0.2) is 17.7 Å². The molecule has 4 heterocycles. The fourth-order valence-electron chi connectivity index (χ4n) is 4.15. The molecule has 11 heteroatoms. The molecule has 34 heavy (non-hydrogen) atoms. The van der Waals surface area contributed by atoms with Crippen LogP contribution in [0.2, 0.25) is 0 Å². The topological polar surface area (TPSA) is 123 Å². The first-order valence-electron chi connectivity index (χ1n) is 10.9. The van der Waals surface area contributed by atoms with Crippen molar-refractivity contribution in [2.24, 2.45) is 5.92 Å². The number of benzene rings is 1. The number of aryl methyl sites for hydroxylation is 1. The third-order valence-electron chi connectivity index (χ3n) is 6.04. The van der Waals surface area contributed by atoms with Crippen LogP contribution in [0.4, 0.5) is 5.69 Å². The standard InChI is InChI=1S/C23H24N6O4S/c1-15-6-7-17(12-18(15)25-23(30)19-13-24-20-5-3-4-9-29(19)20)22-26-21(33-27-22)11-16-8-10-28(14-16)34(2,31)32/h3-7,9,12-13,16H,8,10-11,14H2,1-2H3,(H,25,30)/t16-/m0/s1. The largest absolute Gasteiger partial charge is 0.339 e. The Kier molecular flexibility index (Phi) is 5.66. The monoisotopic (exact) mass is 480 g/mol. The summed E-state index contributed by atoms with van der Waals surface area (Å²) >= 11 is 0. The zero-order chi connectivity index (χ0) is 23.9. The third kappa shape index (κ3) is 4.44. The maximum absolute atomic E-state index is 12.9. The number of sulfonamides is 1. The molecule has 176 valence electrons. The van der Waals surface area contributed by atoms with Gasteiger partial charge in [-0.15, -0.1) is 0 Å². The van der Waals surface area contributed by atoms with Gasteiger partial charge in [-0.05, 0) is 43.0 Å². The maximum atomic E-state index is 12.9. The average molecular weight is 481 g/mol. The molecule has 1 aromatic carbocycles. The zero-order valence-electron chi connectivity index (χ0n) is 18.8. The minimum absolute atomic E-state index is 0.140. The van der Waals surface area contributed by atoms with Crippen LogP contribution in [0.15, 0.2) is 53.3 Å². The molecule has 1 fully saturated rings. The number of rotatable bonds is 6. The van der Waals surface area contributed by atoms with Crippen LogP contribution in [-0.4, -0.2) is 57.5 Å². The molecule has 10 nitrogen and oxygen atoms in total. The summed E-state index contributed by atoms with van der Waals surface area (Å²) in [4.78, 5) is 21.7. The molecule has 0 unspecified atom stereocenters. The summed E-state index contributed by atoms with van der Waals surface area (Å²) in [7, 11) is -3.19. The quantitative estimate of drug-likeness (QED) is 0.450. The van der Waals surface area contributed by atoms with Crippen molar-refractivity contribution in [1.29, 1.82) is 0 Å². The summed E-state index contributed by atoms with van der Waals surface area (Å²) < 4.78 is 32.1. The molecule has 0 saturated carbocycles. The second-order valence-electron chi connectivity index (χ2n) is 8.55. The highest BCUT2D eigenvalue weighted by Crippen LogP contribution is 2.26. The van der Waals surface area contributed by atoms with Gasteiger partial charge >= 0.3 is 0 Å². The molecule has 1 aliphatic heterocycles. The second-order valence-corrected chi connectivity index (χ2v) is 10.5. The van der Waals surface area contributed by atoms with Crippen molar-refractivity contribution in [3.05, 3.63) is 65.9 Å². The predicted molar refractivity (Wildman–Crippen MR) is 126 cm³/mol. The van der Waals surface area contributed by atoms with Crippen molar-refractivity contribution in [3.8, 4) is 11.4 Å². The van der Waals surface area contributed by atoms with Crippen molar-refractivity contribution in [1.82, 2.24) is 23.8 Å². The maximum Gasteiger partial charge on any atom is 0.274 e. The van der Waals surface area contributed by atoms with Gasteiger partial charge in [0, 0.05) is 37.0 Å². The molecule has 4 aromatic rings. The van der Waals surface area contributed by atoms with Crippen LogP contribution in [0.1, 0.15) is 28.4 Å². The molecule has 3 aromatic heterocycles. The number of pyridine rings is 1. The van der Waals surface area contributed by atoms with E-state index < -0.39 is 10.0 Å². The molecular weight excluding hydrogens is 456 g/mol. The molecule has 1 N–H and O–H groups in total. The van der Waals surface area contributed by atoms with E-state index in [2.05, 4.69) is 20.4 Å². The Morgan fingerprint density at radius 1 is 1.26 bits per heavy atom. The first-order valence-corrected chi connectivity index (χ1v) is 12.7. The molecule has 1 amide bonds. The first-order chi connectivity index (χ1) is 16.3. The Bertz CT molecular complexity index is 1480. The Labute approximate surface area is 196 Å². The highest BCUT2D eigenvalue weighted by atomic mass is 32.2. The van der Waals surface area contributed by atoms with Crippen LogP contribution < -0.4 is 5.32 Å². The Morgan fingerprint density at radius 2 is 2.12 bits per heavy atom. The molecule has 1 atom stereocenters. The molecule has 0 spiro atoms. The number of nitrogens with one attached hydrogen (secondary N) is 1. The van der Waals surface area contributed by atoms with E-state index in [0.29, 0.717) is 53.8 Å². The van der Waals surface area contributed by atoms with E-state index in [4.69, 9.17) is 4.52 Å². The number of hydrogen-bond donors (Lipinski definition) is 1. The van der Waals surface area contributed by atoms with Crippen LogP contribution in [0.5, 0.6) is 0 Å². The van der Waals surface area contributed by atoms with Crippen LogP contribution in [0, 0.1) is 12.8 Å². The van der Waals surface area contributed by atoms with Crippen molar-refractivity contribution in [2.75, 3.05) is 24.7 Å². The van der Waals surface area contributed by atoms with E-state index in [0.717, 1.165) is 12.0 Å². The van der Waals surface area contributed by atoms with Crippen LogP contribution in [-0.2, 0) is 16.4 Å². The number of nitrogens with zero attached hydrogens (tertiary/aromatic N) is 5. The van der Waals surface area contributed by atoms with E-state index in [1.165, 1.54) is 10.6 Å². The molecule has 0 aliphatic carbocycles. The molecular formula is C23H24N6O4S. The number of hydrogen-bond acceptors (Lipinski definition) is 7. The summed E-state index contributed by atoms with van der Waals surface area (Å²) in [6.45, 7) is 2.88. The number of carbonyl (C=O) groups is 1. The summed E-state index contributed by atoms with van der Waals surface area (Å²) in [5.41, 5.74) is 3.36. The number of aromatic nitrogens is 4. The summed E-state index contributed by atoms with van der Waals surface area (Å²) in [5.74, 6) is 0.747. The van der Waals surface area contributed by atoms with Crippen LogP contribution >= 0.6 is 0 Å². The van der Waals surface area contributed by atoms with Gasteiger partial charge < -0.3 is 9.84 Å². The molecule has 0 bridgehead atoms. The normalized spacial score (nSPS) is 16.8. The van der Waals surface area contributed by atoms with Gasteiger partial charge in [0.2, 0.25) is 21.7 Å². The SMILES string of the molecule is Cc1ccc(-c2noc(C[C@@H]3CCN(S(C)(=O)=O)C3)n2)cc1NC(=O)c1cnc2ccccn12. The zero-order valence-corrected chi connectivity index (χ0v) is 19.6. The number of anilines is 1. The van der Waals surface area contributed by atoms with Crippen molar-refractivity contribution >= 4 is 27.3 Å². The van der Waals surface area contributed by atoms with E-state index in [1.807, 2.05) is 43.3 Å². The minimum atomic E-state index is -3.19. The minimum Gasteiger partial charge on any atom is -0.339 e. The fourth-order valence-corrected chi connectivity index (χ4v) is 5.07. The van der Waals surface area contributed by atoms with Crippen molar-refractivity contribution in [3.63, 3.8) is 0 Å². The van der Waals surface area contributed by atoms with Gasteiger partial charge in [0.05, 0.1) is 12.5 Å². The van der Waals surface area contributed by atoms with E-state index >= 15 is 0 Å². The Hall–Kier alpha value is -3.57. The van der Waals surface area contributed by atoms with Crippen LogP contribution in [0.3, 0.4) is 0 Å². The summed E-state index contributed by atoms with van der Waals surface area (Å²) in [5, 5.41) is 7.04. The predicted octanol–water partition coefficient (Wildman–Crippen LogP) is 2.77. The molecule has 1 saturated heterocycles. The van der Waals surface area contributed by atoms with Gasteiger partial charge in [0.15, 0.2) is 0 Å². The number of carbonyl (C=O) groups excluding carboxylic acids is 1. The van der Waals surface area contributed by atoms with Crippen molar-refractivity contribution in [2.45, 2.75) is 19.8 Å². The molecule has 0 radical (unpaired) electrons. The lowest BCUT2D eigenvalue weighted by atomic mass is 10.1. The van der Waals surface area contributed by atoms with Crippen LogP contribution in [0.25, 0.3) is 17.0 Å². The lowest BCUT2D eigenvalue weighted by molar-refractivity contribution is 0.102. The van der Waals surface area contributed by atoms with E-state index in [9.17, 15) is 13.2 Å². The van der Waals surface area contributed by atoms with Gasteiger partial charge in [-0.1, -0.05) is 23.4 Å². The number of amides is 1. The van der Waals surface area contributed by atoms with E-state index in [1.54, 1.807) is 16.8 Å². The number of fused-ring (bicyclic) bond motifs is 1. The Balaban J connectivity index is 1.31. The van der Waals surface area contributed by atoms with Crippen molar-refractivity contribution < 1.29 is 17.7 Å². The summed E-state index contributed by atoms with van der Waals surface area (Å²) in [6, 6.07) is 11.1. The van der Waals surface area contributed by atoms with Gasteiger partial charge in [0.25, 0.3) is 5.91 Å². The number of imidazole rings is 1. The molecule has 1 aliphatic rings. The average Bonchev–Trinajstić information content (AvgIpc) is 3.54. The van der Waals surface area contributed by atoms with Gasteiger partial charge in [-0.2, -0.15) is 4.98 Å². The highest BCUT2D eigenvalue weighted by Gasteiger charge is 2.30. The second kappa shape index (κ2) is 8.65. The fraction of sp³-hybridized carbons (Fsp3) is 0.304. The lowest BCUT2D eigenvalue weighted by Gasteiger charge is -2.12. The lowest BCUT2D eigenvalue weighted by Crippen LogP contribution is -2.27. The first kappa shape index (κ1) is 22.2. The van der Waals surface area contributed by atoms with E-state index in [-0.39, 0.29) is 11.8 Å². The summed E-state index contributed by atoms with van der Waals surface area (Å²) in [6.07, 6.45) is 5.84.